The number of hydrogen-bond acceptors (Lipinski definition) is 4. The van der Waals surface area contributed by atoms with Crippen LogP contribution >= 0.6 is 0 Å². The lowest BCUT2D eigenvalue weighted by Gasteiger charge is -2.35. The van der Waals surface area contributed by atoms with Crippen molar-refractivity contribution in [1.82, 2.24) is 15.1 Å². The van der Waals surface area contributed by atoms with Crippen molar-refractivity contribution in [2.45, 2.75) is 19.9 Å². The van der Waals surface area contributed by atoms with E-state index in [0.717, 1.165) is 0 Å². The molecular weight excluding hydrogens is 395 g/mol. The Morgan fingerprint density at radius 1 is 0.968 bits per heavy atom. The molecule has 3 rings (SSSR count). The van der Waals surface area contributed by atoms with Gasteiger partial charge in [0.1, 0.15) is 5.82 Å². The third-order valence-corrected chi connectivity index (χ3v) is 5.52. The molecule has 1 fully saturated rings. The van der Waals surface area contributed by atoms with E-state index in [0.29, 0.717) is 44.3 Å². The zero-order chi connectivity index (χ0) is 22.2. The number of carbonyl (C=O) groups is 2. The highest BCUT2D eigenvalue weighted by Gasteiger charge is 2.24. The lowest BCUT2D eigenvalue weighted by molar-refractivity contribution is -0.132. The average Bonchev–Trinajstić information content (AvgIpc) is 2.76. The van der Waals surface area contributed by atoms with Crippen LogP contribution in [0.25, 0.3) is 0 Å². The van der Waals surface area contributed by atoms with Crippen molar-refractivity contribution in [2.24, 2.45) is 5.92 Å². The number of piperazine rings is 1. The normalized spacial score (nSPS) is 15.7. The summed E-state index contributed by atoms with van der Waals surface area (Å²) in [4.78, 5) is 28.8. The number of anilines is 1. The Morgan fingerprint density at radius 3 is 2.23 bits per heavy atom. The molecule has 7 heteroatoms. The molecule has 1 saturated heterocycles. The summed E-state index contributed by atoms with van der Waals surface area (Å²) in [5, 5.41) is 6.18. The van der Waals surface area contributed by atoms with Crippen LogP contribution in [0.5, 0.6) is 0 Å². The molecule has 1 aliphatic heterocycles. The second kappa shape index (κ2) is 11.0. The van der Waals surface area contributed by atoms with Crippen molar-refractivity contribution in [3.8, 4) is 0 Å². The Labute approximate surface area is 183 Å². The summed E-state index contributed by atoms with van der Waals surface area (Å²) in [6.07, 6.45) is 0. The zero-order valence-corrected chi connectivity index (χ0v) is 18.2. The maximum atomic E-state index is 13.0. The van der Waals surface area contributed by atoms with Crippen LogP contribution in [-0.4, -0.2) is 60.9 Å². The standard InChI is InChI=1S/C24H31FN4O2/c1-18(2)24(19-6-4-3-5-7-19)26-16-23(31)29-14-12-28(13-15-29)17-22(30)27-21-10-8-20(25)9-11-21/h3-11,18,24,26H,12-17H2,1-2H3,(H,27,30)/t24-/m1/s1. The maximum absolute atomic E-state index is 13.0. The van der Waals surface area contributed by atoms with E-state index in [2.05, 4.69) is 36.6 Å². The maximum Gasteiger partial charge on any atom is 0.238 e. The molecule has 31 heavy (non-hydrogen) atoms. The van der Waals surface area contributed by atoms with Crippen LogP contribution in [0.2, 0.25) is 0 Å². The number of hydrogen-bond donors (Lipinski definition) is 2. The van der Waals surface area contributed by atoms with Crippen LogP contribution in [0, 0.1) is 11.7 Å². The molecule has 0 aliphatic carbocycles. The van der Waals surface area contributed by atoms with Gasteiger partial charge in [-0.15, -0.1) is 0 Å². The Kier molecular flexibility index (Phi) is 8.14. The van der Waals surface area contributed by atoms with Gasteiger partial charge in [-0.05, 0) is 35.7 Å². The minimum absolute atomic E-state index is 0.0806. The van der Waals surface area contributed by atoms with Gasteiger partial charge in [0.05, 0.1) is 13.1 Å². The SMILES string of the molecule is CC(C)[C@@H](NCC(=O)N1CCN(CC(=O)Nc2ccc(F)cc2)CC1)c1ccccc1. The van der Waals surface area contributed by atoms with Crippen LogP contribution < -0.4 is 10.6 Å². The highest BCUT2D eigenvalue weighted by Crippen LogP contribution is 2.21. The van der Waals surface area contributed by atoms with Crippen molar-refractivity contribution in [3.63, 3.8) is 0 Å². The Hall–Kier alpha value is -2.77. The highest BCUT2D eigenvalue weighted by atomic mass is 19.1. The van der Waals surface area contributed by atoms with Gasteiger partial charge in [-0.3, -0.25) is 14.5 Å². The first kappa shape index (κ1) is 22.9. The first-order valence-electron chi connectivity index (χ1n) is 10.8. The van der Waals surface area contributed by atoms with E-state index in [1.165, 1.54) is 29.8 Å². The summed E-state index contributed by atoms with van der Waals surface area (Å²) >= 11 is 0. The molecular formula is C24H31FN4O2. The minimum atomic E-state index is -0.336. The van der Waals surface area contributed by atoms with Gasteiger partial charge in [-0.1, -0.05) is 44.2 Å². The van der Waals surface area contributed by atoms with E-state index in [1.807, 2.05) is 28.0 Å². The number of benzene rings is 2. The van der Waals surface area contributed by atoms with Gasteiger partial charge in [-0.2, -0.15) is 0 Å². The van der Waals surface area contributed by atoms with Crippen molar-refractivity contribution in [2.75, 3.05) is 44.6 Å². The fraction of sp³-hybridized carbons (Fsp3) is 0.417. The van der Waals surface area contributed by atoms with Crippen LogP contribution in [-0.2, 0) is 9.59 Å². The van der Waals surface area contributed by atoms with Gasteiger partial charge in [0.25, 0.3) is 0 Å². The molecule has 2 aromatic rings. The smallest absolute Gasteiger partial charge is 0.238 e. The van der Waals surface area contributed by atoms with E-state index < -0.39 is 0 Å². The van der Waals surface area contributed by atoms with Gasteiger partial charge in [-0.25, -0.2) is 4.39 Å². The second-order valence-corrected chi connectivity index (χ2v) is 8.23. The number of halogens is 1. The third-order valence-electron chi connectivity index (χ3n) is 5.52. The summed E-state index contributed by atoms with van der Waals surface area (Å²) < 4.78 is 13.0. The molecule has 166 valence electrons. The van der Waals surface area contributed by atoms with Crippen LogP contribution in [0.1, 0.15) is 25.5 Å². The van der Waals surface area contributed by atoms with Gasteiger partial charge >= 0.3 is 0 Å². The molecule has 2 aromatic carbocycles. The monoisotopic (exact) mass is 426 g/mol. The van der Waals surface area contributed by atoms with E-state index in [9.17, 15) is 14.0 Å². The van der Waals surface area contributed by atoms with Crippen LogP contribution in [0.15, 0.2) is 54.6 Å². The van der Waals surface area contributed by atoms with Crippen LogP contribution in [0.3, 0.4) is 0 Å². The summed E-state index contributed by atoms with van der Waals surface area (Å²) in [5.41, 5.74) is 1.76. The molecule has 0 saturated carbocycles. The quantitative estimate of drug-likeness (QED) is 0.681. The molecule has 2 N–H and O–H groups in total. The van der Waals surface area contributed by atoms with Crippen LogP contribution in [0.4, 0.5) is 10.1 Å². The first-order valence-corrected chi connectivity index (χ1v) is 10.8. The number of nitrogens with one attached hydrogen (secondary N) is 2. The van der Waals surface area contributed by atoms with Crippen molar-refractivity contribution in [3.05, 3.63) is 66.0 Å². The van der Waals surface area contributed by atoms with Crippen molar-refractivity contribution in [1.29, 1.82) is 0 Å². The molecule has 0 unspecified atom stereocenters. The number of carbonyl (C=O) groups excluding carboxylic acids is 2. The topological polar surface area (TPSA) is 64.7 Å². The van der Waals surface area contributed by atoms with Crippen molar-refractivity contribution >= 4 is 17.5 Å². The molecule has 6 nitrogen and oxygen atoms in total. The number of nitrogens with zero attached hydrogens (tertiary/aromatic N) is 2. The lowest BCUT2D eigenvalue weighted by atomic mass is 9.96. The molecule has 1 heterocycles. The van der Waals surface area contributed by atoms with Gasteiger partial charge < -0.3 is 15.5 Å². The zero-order valence-electron chi connectivity index (χ0n) is 18.2. The average molecular weight is 427 g/mol. The van der Waals surface area contributed by atoms with E-state index in [4.69, 9.17) is 0 Å². The minimum Gasteiger partial charge on any atom is -0.339 e. The molecule has 1 aliphatic rings. The molecule has 0 bridgehead atoms. The first-order chi connectivity index (χ1) is 14.9. The predicted octanol–water partition coefficient (Wildman–Crippen LogP) is 2.90. The Bertz CT molecular complexity index is 850. The number of rotatable bonds is 8. The van der Waals surface area contributed by atoms with E-state index >= 15 is 0 Å². The lowest BCUT2D eigenvalue weighted by Crippen LogP contribution is -2.52. The highest BCUT2D eigenvalue weighted by molar-refractivity contribution is 5.92. The van der Waals surface area contributed by atoms with E-state index in [-0.39, 0.29) is 30.2 Å². The van der Waals surface area contributed by atoms with E-state index in [1.54, 1.807) is 0 Å². The molecule has 0 aromatic heterocycles. The Morgan fingerprint density at radius 2 is 1.61 bits per heavy atom. The molecule has 2 amide bonds. The summed E-state index contributed by atoms with van der Waals surface area (Å²) in [6.45, 7) is 7.33. The molecule has 1 atom stereocenters. The van der Waals surface area contributed by atoms with Gasteiger partial charge in [0, 0.05) is 37.9 Å². The van der Waals surface area contributed by atoms with Gasteiger partial charge in [0.15, 0.2) is 0 Å². The largest absolute Gasteiger partial charge is 0.339 e. The summed E-state index contributed by atoms with van der Waals surface area (Å²) in [7, 11) is 0. The second-order valence-electron chi connectivity index (χ2n) is 8.23. The number of amides is 2. The fourth-order valence-electron chi connectivity index (χ4n) is 3.80. The summed E-state index contributed by atoms with van der Waals surface area (Å²) in [6, 6.07) is 16.0. The predicted molar refractivity (Wildman–Crippen MR) is 120 cm³/mol. The molecule has 0 spiro atoms. The van der Waals surface area contributed by atoms with Crippen molar-refractivity contribution < 1.29 is 14.0 Å². The van der Waals surface area contributed by atoms with Gasteiger partial charge in [0.2, 0.25) is 11.8 Å². The molecule has 0 radical (unpaired) electrons. The third kappa shape index (κ3) is 6.87. The summed E-state index contributed by atoms with van der Waals surface area (Å²) in [5.74, 6) is -0.0314. The Balaban J connectivity index is 1.42. The fourth-order valence-corrected chi connectivity index (χ4v) is 3.80.